The molecule has 0 atom stereocenters. The van der Waals surface area contributed by atoms with Crippen LogP contribution in [0.4, 0.5) is 5.69 Å². The molecule has 90 valence electrons. The van der Waals surface area contributed by atoms with E-state index >= 15 is 0 Å². The van der Waals surface area contributed by atoms with Crippen LogP contribution in [-0.2, 0) is 9.84 Å². The minimum absolute atomic E-state index is 0.351. The van der Waals surface area contributed by atoms with Crippen molar-refractivity contribution in [1.82, 2.24) is 4.98 Å². The molecule has 0 saturated carbocycles. The molecule has 0 unspecified atom stereocenters. The van der Waals surface area contributed by atoms with Gasteiger partial charge < -0.3 is 5.32 Å². The highest BCUT2D eigenvalue weighted by Crippen LogP contribution is 2.18. The van der Waals surface area contributed by atoms with Gasteiger partial charge in [-0.15, -0.1) is 0 Å². The number of rotatable bonds is 4. The van der Waals surface area contributed by atoms with Gasteiger partial charge in [-0.05, 0) is 35.8 Å². The van der Waals surface area contributed by atoms with Gasteiger partial charge in [-0.3, -0.25) is 4.98 Å². The highest BCUT2D eigenvalue weighted by Gasteiger charge is 2.29. The van der Waals surface area contributed by atoms with E-state index in [2.05, 4.69) is 26.2 Å². The Bertz CT molecular complexity index is 471. The van der Waals surface area contributed by atoms with Gasteiger partial charge in [0.2, 0.25) is 0 Å². The van der Waals surface area contributed by atoms with Crippen LogP contribution in [0.1, 0.15) is 13.8 Å². The Morgan fingerprint density at radius 2 is 2.06 bits per heavy atom. The molecule has 1 rings (SSSR count). The second-order valence-electron chi connectivity index (χ2n) is 4.28. The third-order valence-electron chi connectivity index (χ3n) is 2.43. The third kappa shape index (κ3) is 3.45. The van der Waals surface area contributed by atoms with E-state index in [0.717, 1.165) is 10.2 Å². The minimum Gasteiger partial charge on any atom is -0.382 e. The lowest BCUT2D eigenvalue weighted by atomic mass is 10.2. The first kappa shape index (κ1) is 13.4. The molecule has 0 bridgehead atoms. The van der Waals surface area contributed by atoms with E-state index in [4.69, 9.17) is 0 Å². The highest BCUT2D eigenvalue weighted by molar-refractivity contribution is 9.10. The molecule has 16 heavy (non-hydrogen) atoms. The molecule has 0 spiro atoms. The zero-order valence-electron chi connectivity index (χ0n) is 9.49. The van der Waals surface area contributed by atoms with E-state index in [-0.39, 0.29) is 0 Å². The predicted molar refractivity (Wildman–Crippen MR) is 69.3 cm³/mol. The van der Waals surface area contributed by atoms with Gasteiger partial charge in [-0.1, -0.05) is 0 Å². The molecule has 1 aromatic rings. The minimum atomic E-state index is -3.08. The molecule has 0 radical (unpaired) electrons. The van der Waals surface area contributed by atoms with Crippen LogP contribution in [0.3, 0.4) is 0 Å². The zero-order valence-corrected chi connectivity index (χ0v) is 11.9. The summed E-state index contributed by atoms with van der Waals surface area (Å²) >= 11 is 3.30. The summed E-state index contributed by atoms with van der Waals surface area (Å²) in [6, 6.07) is 1.85. The Kier molecular flexibility index (Phi) is 3.96. The molecular weight excluding hydrogens is 292 g/mol. The maximum absolute atomic E-state index is 11.5. The van der Waals surface area contributed by atoms with Gasteiger partial charge in [0.15, 0.2) is 9.84 Å². The molecule has 0 fully saturated rings. The lowest BCUT2D eigenvalue weighted by Gasteiger charge is -2.23. The molecule has 1 aromatic heterocycles. The Morgan fingerprint density at radius 3 is 2.56 bits per heavy atom. The fourth-order valence-corrected chi connectivity index (χ4v) is 1.65. The first-order valence-electron chi connectivity index (χ1n) is 4.76. The van der Waals surface area contributed by atoms with Crippen molar-refractivity contribution in [2.24, 2.45) is 0 Å². The standard InChI is InChI=1S/C10H15BrN2O2S/c1-10(2,16(3,14)15)7-13-9-4-8(11)5-12-6-9/h4-6,13H,7H2,1-3H3. The summed E-state index contributed by atoms with van der Waals surface area (Å²) in [7, 11) is -3.08. The fraction of sp³-hybridized carbons (Fsp3) is 0.500. The molecule has 0 aliphatic heterocycles. The van der Waals surface area contributed by atoms with E-state index in [1.165, 1.54) is 6.26 Å². The van der Waals surface area contributed by atoms with Gasteiger partial charge in [-0.2, -0.15) is 0 Å². The van der Waals surface area contributed by atoms with E-state index in [0.29, 0.717) is 6.54 Å². The molecule has 4 nitrogen and oxygen atoms in total. The highest BCUT2D eigenvalue weighted by atomic mass is 79.9. The molecular formula is C10H15BrN2O2S. The van der Waals surface area contributed by atoms with Crippen molar-refractivity contribution < 1.29 is 8.42 Å². The van der Waals surface area contributed by atoms with E-state index in [1.807, 2.05) is 6.07 Å². The van der Waals surface area contributed by atoms with E-state index in [1.54, 1.807) is 26.2 Å². The van der Waals surface area contributed by atoms with Crippen molar-refractivity contribution in [1.29, 1.82) is 0 Å². The third-order valence-corrected chi connectivity index (χ3v) is 5.01. The average molecular weight is 307 g/mol. The average Bonchev–Trinajstić information content (AvgIpc) is 2.13. The molecule has 0 amide bonds. The topological polar surface area (TPSA) is 59.1 Å². The van der Waals surface area contributed by atoms with Crippen molar-refractivity contribution in [3.8, 4) is 0 Å². The van der Waals surface area contributed by atoms with Crippen LogP contribution in [-0.4, -0.2) is 30.9 Å². The van der Waals surface area contributed by atoms with Gasteiger partial charge in [0, 0.05) is 23.5 Å². The number of pyridine rings is 1. The molecule has 0 aromatic carbocycles. The van der Waals surface area contributed by atoms with Crippen LogP contribution in [0.25, 0.3) is 0 Å². The number of nitrogens with one attached hydrogen (secondary N) is 1. The number of hydrogen-bond acceptors (Lipinski definition) is 4. The van der Waals surface area contributed by atoms with Crippen LogP contribution in [0.15, 0.2) is 22.9 Å². The Labute approximate surface area is 105 Å². The van der Waals surface area contributed by atoms with Gasteiger partial charge in [0.05, 0.1) is 16.6 Å². The largest absolute Gasteiger partial charge is 0.382 e. The van der Waals surface area contributed by atoms with Crippen molar-refractivity contribution >= 4 is 31.5 Å². The monoisotopic (exact) mass is 306 g/mol. The normalized spacial score (nSPS) is 12.5. The smallest absolute Gasteiger partial charge is 0.154 e. The van der Waals surface area contributed by atoms with Crippen LogP contribution in [0.2, 0.25) is 0 Å². The fourth-order valence-electron chi connectivity index (χ4n) is 0.955. The number of nitrogens with zero attached hydrogens (tertiary/aromatic N) is 1. The zero-order chi connectivity index (χ0) is 12.4. The number of anilines is 1. The predicted octanol–water partition coefficient (Wildman–Crippen LogP) is 2.08. The molecule has 0 aliphatic rings. The van der Waals surface area contributed by atoms with E-state index < -0.39 is 14.6 Å². The number of aromatic nitrogens is 1. The lowest BCUT2D eigenvalue weighted by molar-refractivity contribution is 0.560. The maximum Gasteiger partial charge on any atom is 0.154 e. The first-order chi connectivity index (χ1) is 7.22. The molecule has 1 heterocycles. The summed E-state index contributed by atoms with van der Waals surface area (Å²) in [4.78, 5) is 3.99. The summed E-state index contributed by atoms with van der Waals surface area (Å²) in [5.41, 5.74) is 0.797. The van der Waals surface area contributed by atoms with Gasteiger partial charge in [0.1, 0.15) is 0 Å². The van der Waals surface area contributed by atoms with Gasteiger partial charge >= 0.3 is 0 Å². The first-order valence-corrected chi connectivity index (χ1v) is 7.45. The Morgan fingerprint density at radius 1 is 1.44 bits per heavy atom. The van der Waals surface area contributed by atoms with Crippen molar-refractivity contribution in [2.75, 3.05) is 18.1 Å². The summed E-state index contributed by atoms with van der Waals surface area (Å²) in [6.45, 7) is 3.74. The Balaban J connectivity index is 2.72. The maximum atomic E-state index is 11.5. The number of halogens is 1. The number of hydrogen-bond donors (Lipinski definition) is 1. The Hall–Kier alpha value is -0.620. The second kappa shape index (κ2) is 4.71. The van der Waals surface area contributed by atoms with Crippen molar-refractivity contribution in [3.05, 3.63) is 22.9 Å². The summed E-state index contributed by atoms with van der Waals surface area (Å²) in [5, 5.41) is 3.06. The van der Waals surface area contributed by atoms with Gasteiger partial charge in [0.25, 0.3) is 0 Å². The lowest BCUT2D eigenvalue weighted by Crippen LogP contribution is -2.38. The summed E-state index contributed by atoms with van der Waals surface area (Å²) in [5.74, 6) is 0. The number of sulfone groups is 1. The summed E-state index contributed by atoms with van der Waals surface area (Å²) < 4.78 is 23.0. The molecule has 0 saturated heterocycles. The van der Waals surface area contributed by atoms with Crippen molar-refractivity contribution in [2.45, 2.75) is 18.6 Å². The molecule has 1 N–H and O–H groups in total. The van der Waals surface area contributed by atoms with Crippen LogP contribution < -0.4 is 5.32 Å². The molecule has 0 aliphatic carbocycles. The van der Waals surface area contributed by atoms with Crippen LogP contribution in [0, 0.1) is 0 Å². The van der Waals surface area contributed by atoms with E-state index in [9.17, 15) is 8.42 Å². The van der Waals surface area contributed by atoms with Crippen molar-refractivity contribution in [3.63, 3.8) is 0 Å². The second-order valence-corrected chi connectivity index (χ2v) is 7.84. The summed E-state index contributed by atoms with van der Waals surface area (Å²) in [6.07, 6.45) is 4.57. The quantitative estimate of drug-likeness (QED) is 0.925. The SMILES string of the molecule is CC(C)(CNc1cncc(Br)c1)S(C)(=O)=O. The van der Waals surface area contributed by atoms with Crippen LogP contribution >= 0.6 is 15.9 Å². The van der Waals surface area contributed by atoms with Crippen LogP contribution in [0.5, 0.6) is 0 Å². The molecule has 6 heteroatoms. The van der Waals surface area contributed by atoms with Gasteiger partial charge in [-0.25, -0.2) is 8.42 Å².